The van der Waals surface area contributed by atoms with Gasteiger partial charge in [0.25, 0.3) is 5.91 Å². The number of benzene rings is 1. The fourth-order valence-corrected chi connectivity index (χ4v) is 4.49. The van der Waals surface area contributed by atoms with Crippen molar-refractivity contribution in [3.05, 3.63) is 29.5 Å². The molecule has 2 fully saturated rings. The zero-order chi connectivity index (χ0) is 18.9. The van der Waals surface area contributed by atoms with Crippen LogP contribution in [0.4, 0.5) is 0 Å². The molecule has 148 valence electrons. The van der Waals surface area contributed by atoms with Crippen LogP contribution in [0.1, 0.15) is 37.7 Å². The van der Waals surface area contributed by atoms with Gasteiger partial charge in [0.2, 0.25) is 12.8 Å². The van der Waals surface area contributed by atoms with Crippen molar-refractivity contribution in [2.24, 2.45) is 4.99 Å². The Morgan fingerprint density at radius 1 is 1.04 bits per heavy atom. The van der Waals surface area contributed by atoms with Crippen LogP contribution in [0, 0.1) is 0 Å². The topological polar surface area (TPSA) is 66.4 Å². The van der Waals surface area contributed by atoms with Crippen molar-refractivity contribution < 1.29 is 14.3 Å². The summed E-state index contributed by atoms with van der Waals surface area (Å²) < 4.78 is 10.7. The van der Waals surface area contributed by atoms with E-state index in [2.05, 4.69) is 20.1 Å². The van der Waals surface area contributed by atoms with Crippen LogP contribution in [0.25, 0.3) is 6.08 Å². The van der Waals surface area contributed by atoms with Crippen LogP contribution in [0.2, 0.25) is 0 Å². The molecule has 7 nitrogen and oxygen atoms in total. The molecule has 0 bridgehead atoms. The molecule has 4 aliphatic rings. The number of hydrogen-bond donors (Lipinski definition) is 1. The minimum absolute atomic E-state index is 0.147. The predicted octanol–water partition coefficient (Wildman–Crippen LogP) is 2.19. The number of amides is 1. The van der Waals surface area contributed by atoms with Crippen molar-refractivity contribution in [2.45, 2.75) is 38.1 Å². The van der Waals surface area contributed by atoms with Crippen LogP contribution in [-0.2, 0) is 4.79 Å². The van der Waals surface area contributed by atoms with Crippen LogP contribution in [-0.4, -0.2) is 60.7 Å². The lowest BCUT2D eigenvalue weighted by Crippen LogP contribution is -2.50. The van der Waals surface area contributed by atoms with Crippen LogP contribution in [0.3, 0.4) is 0 Å². The van der Waals surface area contributed by atoms with Crippen molar-refractivity contribution >= 4 is 17.9 Å². The fourth-order valence-electron chi connectivity index (χ4n) is 4.49. The summed E-state index contributed by atoms with van der Waals surface area (Å²) in [6.07, 6.45) is 8.10. The average molecular weight is 382 g/mol. The molecule has 2 saturated heterocycles. The molecule has 4 heterocycles. The van der Waals surface area contributed by atoms with Crippen molar-refractivity contribution in [1.29, 1.82) is 0 Å². The number of nitrogens with one attached hydrogen (secondary N) is 1. The van der Waals surface area contributed by atoms with Gasteiger partial charge in [-0.15, -0.1) is 0 Å². The van der Waals surface area contributed by atoms with E-state index in [-0.39, 0.29) is 12.7 Å². The van der Waals surface area contributed by atoms with Crippen LogP contribution in [0.5, 0.6) is 11.5 Å². The van der Waals surface area contributed by atoms with Gasteiger partial charge in [-0.05, 0) is 62.5 Å². The summed E-state index contributed by atoms with van der Waals surface area (Å²) in [7, 11) is 0. The summed E-state index contributed by atoms with van der Waals surface area (Å²) in [6.45, 7) is 4.61. The average Bonchev–Trinajstić information content (AvgIpc) is 3.35. The smallest absolute Gasteiger partial charge is 0.276 e. The van der Waals surface area contributed by atoms with E-state index in [1.54, 1.807) is 6.08 Å². The van der Waals surface area contributed by atoms with E-state index >= 15 is 0 Å². The lowest BCUT2D eigenvalue weighted by Gasteiger charge is -2.40. The third-order valence-corrected chi connectivity index (χ3v) is 6.06. The van der Waals surface area contributed by atoms with Gasteiger partial charge in [0.1, 0.15) is 5.70 Å². The van der Waals surface area contributed by atoms with Gasteiger partial charge in [-0.3, -0.25) is 10.1 Å². The SMILES string of the molecule is O=C1NC(N2CCC(N3CCCCC3)CC2)=N/C1=C\c1ccc2c(c1)OCO2. The number of ether oxygens (including phenoxy) is 2. The van der Waals surface area contributed by atoms with E-state index in [4.69, 9.17) is 9.47 Å². The number of guanidine groups is 1. The highest BCUT2D eigenvalue weighted by atomic mass is 16.7. The molecular formula is C21H26N4O3. The van der Waals surface area contributed by atoms with Gasteiger partial charge in [-0.1, -0.05) is 12.5 Å². The second-order valence-electron chi connectivity index (χ2n) is 7.85. The molecule has 1 N–H and O–H groups in total. The molecule has 0 radical (unpaired) electrons. The maximum Gasteiger partial charge on any atom is 0.276 e. The molecule has 4 aliphatic heterocycles. The highest BCUT2D eigenvalue weighted by molar-refractivity contribution is 6.13. The molecule has 0 spiro atoms. The number of carbonyl (C=O) groups excluding carboxylic acids is 1. The van der Waals surface area contributed by atoms with Gasteiger partial charge in [-0.2, -0.15) is 0 Å². The van der Waals surface area contributed by atoms with Gasteiger partial charge < -0.3 is 19.3 Å². The van der Waals surface area contributed by atoms with Crippen molar-refractivity contribution in [1.82, 2.24) is 15.1 Å². The Labute approximate surface area is 165 Å². The quantitative estimate of drug-likeness (QED) is 0.795. The summed E-state index contributed by atoms with van der Waals surface area (Å²) in [5.41, 5.74) is 1.32. The number of likely N-dealkylation sites (tertiary alicyclic amines) is 2. The summed E-state index contributed by atoms with van der Waals surface area (Å²) in [5, 5.41) is 2.94. The number of piperidine rings is 2. The molecule has 28 heavy (non-hydrogen) atoms. The molecule has 1 aromatic carbocycles. The van der Waals surface area contributed by atoms with E-state index in [9.17, 15) is 4.79 Å². The lowest BCUT2D eigenvalue weighted by atomic mass is 10.00. The monoisotopic (exact) mass is 382 g/mol. The number of aliphatic imine (C=N–C) groups is 1. The first-order valence-corrected chi connectivity index (χ1v) is 10.3. The summed E-state index contributed by atoms with van der Waals surface area (Å²) in [6, 6.07) is 6.32. The third-order valence-electron chi connectivity index (χ3n) is 6.06. The summed E-state index contributed by atoms with van der Waals surface area (Å²) >= 11 is 0. The van der Waals surface area contributed by atoms with E-state index < -0.39 is 0 Å². The second-order valence-corrected chi connectivity index (χ2v) is 7.85. The normalized spacial score (nSPS) is 24.6. The van der Waals surface area contributed by atoms with E-state index in [0.29, 0.717) is 23.4 Å². The Kier molecular flexibility index (Phi) is 4.68. The molecular weight excluding hydrogens is 356 g/mol. The first-order valence-electron chi connectivity index (χ1n) is 10.3. The molecule has 0 atom stereocenters. The highest BCUT2D eigenvalue weighted by Crippen LogP contribution is 2.33. The zero-order valence-electron chi connectivity index (χ0n) is 16.0. The number of rotatable bonds is 2. The third kappa shape index (κ3) is 3.46. The molecule has 5 rings (SSSR count). The van der Waals surface area contributed by atoms with E-state index in [1.807, 2.05) is 18.2 Å². The molecule has 0 aromatic heterocycles. The molecule has 0 unspecified atom stereocenters. The Morgan fingerprint density at radius 2 is 1.82 bits per heavy atom. The maximum absolute atomic E-state index is 12.4. The summed E-state index contributed by atoms with van der Waals surface area (Å²) in [5.74, 6) is 1.98. The first-order chi connectivity index (χ1) is 13.8. The standard InChI is InChI=1S/C21H26N4O3/c26-20-17(12-15-4-5-18-19(13-15)28-14-27-18)22-21(23-20)25-10-6-16(7-11-25)24-8-2-1-3-9-24/h4-5,12-13,16H,1-3,6-11,14H2,(H,22,23,26)/b17-12-. The van der Waals surface area contributed by atoms with Crippen LogP contribution < -0.4 is 14.8 Å². The Hall–Kier alpha value is -2.54. The Balaban J connectivity index is 1.25. The number of hydrogen-bond acceptors (Lipinski definition) is 6. The Bertz CT molecular complexity index is 821. The summed E-state index contributed by atoms with van der Waals surface area (Å²) in [4.78, 5) is 21.8. The lowest BCUT2D eigenvalue weighted by molar-refractivity contribution is -0.115. The highest BCUT2D eigenvalue weighted by Gasteiger charge is 2.30. The maximum atomic E-state index is 12.4. The molecule has 0 aliphatic carbocycles. The van der Waals surface area contributed by atoms with Crippen molar-refractivity contribution in [2.75, 3.05) is 33.0 Å². The van der Waals surface area contributed by atoms with E-state index in [1.165, 1.54) is 32.4 Å². The van der Waals surface area contributed by atoms with E-state index in [0.717, 1.165) is 37.2 Å². The minimum Gasteiger partial charge on any atom is -0.454 e. The number of carbonyl (C=O) groups is 1. The van der Waals surface area contributed by atoms with Crippen LogP contribution >= 0.6 is 0 Å². The molecule has 7 heteroatoms. The van der Waals surface area contributed by atoms with Gasteiger partial charge in [0.05, 0.1) is 0 Å². The van der Waals surface area contributed by atoms with Gasteiger partial charge in [-0.25, -0.2) is 4.99 Å². The molecule has 0 saturated carbocycles. The first kappa shape index (κ1) is 17.6. The Morgan fingerprint density at radius 3 is 2.64 bits per heavy atom. The zero-order valence-corrected chi connectivity index (χ0v) is 16.0. The number of fused-ring (bicyclic) bond motifs is 1. The van der Waals surface area contributed by atoms with Gasteiger partial charge in [0.15, 0.2) is 11.5 Å². The largest absolute Gasteiger partial charge is 0.454 e. The fraction of sp³-hybridized carbons (Fsp3) is 0.524. The predicted molar refractivity (Wildman–Crippen MR) is 106 cm³/mol. The van der Waals surface area contributed by atoms with Crippen molar-refractivity contribution in [3.63, 3.8) is 0 Å². The van der Waals surface area contributed by atoms with Crippen molar-refractivity contribution in [3.8, 4) is 11.5 Å². The van der Waals surface area contributed by atoms with Crippen LogP contribution in [0.15, 0.2) is 28.9 Å². The molecule has 1 amide bonds. The number of nitrogens with zero attached hydrogens (tertiary/aromatic N) is 3. The molecule has 1 aromatic rings. The van der Waals surface area contributed by atoms with Gasteiger partial charge in [0, 0.05) is 19.1 Å². The second kappa shape index (κ2) is 7.47. The minimum atomic E-state index is -0.147. The van der Waals surface area contributed by atoms with Gasteiger partial charge >= 0.3 is 0 Å².